The van der Waals surface area contributed by atoms with Crippen molar-refractivity contribution in [2.24, 2.45) is 5.16 Å². The van der Waals surface area contributed by atoms with Gasteiger partial charge >= 0.3 is 5.97 Å². The molecule has 0 saturated carbocycles. The number of aliphatic carboxylic acids is 1. The van der Waals surface area contributed by atoms with Gasteiger partial charge in [-0.2, -0.15) is 4.57 Å². The molecule has 0 spiro atoms. The fourth-order valence-corrected chi connectivity index (χ4v) is 9.08. The number of hydrogen-bond acceptors (Lipinski definition) is 12. The summed E-state index contributed by atoms with van der Waals surface area (Å²) in [5.74, 6) is -1.55. The first-order chi connectivity index (χ1) is 20.3. The minimum Gasteiger partial charge on any atom is -0.477 e. The number of oxime groups is 1. The van der Waals surface area contributed by atoms with Crippen LogP contribution in [0.1, 0.15) is 29.1 Å². The maximum Gasteiger partial charge on any atom is 0.352 e. The average Bonchev–Trinajstić information content (AvgIpc) is 3.74. The van der Waals surface area contributed by atoms with E-state index >= 15 is 0 Å². The van der Waals surface area contributed by atoms with Crippen molar-refractivity contribution in [3.63, 3.8) is 0 Å². The average molecular weight is 645 g/mol. The fraction of sp³-hybridized carbons (Fsp3) is 0.346. The van der Waals surface area contributed by atoms with Crippen LogP contribution in [-0.2, 0) is 38.6 Å². The van der Waals surface area contributed by atoms with Crippen molar-refractivity contribution in [3.05, 3.63) is 63.0 Å². The minimum atomic E-state index is -1.18. The number of nitrogens with zero attached hydrogens (tertiary/aromatic N) is 5. The molecule has 1 unspecified atom stereocenters. The van der Waals surface area contributed by atoms with Crippen LogP contribution < -0.4 is 15.6 Å². The lowest BCUT2D eigenvalue weighted by Gasteiger charge is -2.49. The first-order valence-electron chi connectivity index (χ1n) is 12.9. The summed E-state index contributed by atoms with van der Waals surface area (Å²) in [4.78, 5) is 53.3. The highest BCUT2D eigenvalue weighted by Crippen LogP contribution is 2.42. The van der Waals surface area contributed by atoms with Gasteiger partial charge in [-0.3, -0.25) is 14.5 Å². The zero-order chi connectivity index (χ0) is 29.4. The van der Waals surface area contributed by atoms with Crippen molar-refractivity contribution in [1.29, 1.82) is 0 Å². The first-order valence-corrected chi connectivity index (χ1v) is 16.7. The summed E-state index contributed by atoms with van der Waals surface area (Å²) in [6, 6.07) is 3.35. The smallest absolute Gasteiger partial charge is 0.352 e. The van der Waals surface area contributed by atoms with Gasteiger partial charge in [-0.15, -0.1) is 34.4 Å². The minimum absolute atomic E-state index is 0.0352. The van der Waals surface area contributed by atoms with Gasteiger partial charge in [-0.1, -0.05) is 16.9 Å². The molecule has 6 rings (SSSR count). The predicted molar refractivity (Wildman–Crippen MR) is 160 cm³/mol. The van der Waals surface area contributed by atoms with E-state index in [2.05, 4.69) is 38.4 Å². The molecule has 1 fully saturated rings. The number of thiazole rings is 2. The molecule has 2 aliphatic heterocycles. The number of anilines is 1. The van der Waals surface area contributed by atoms with Gasteiger partial charge in [0.05, 0.1) is 0 Å². The number of carbonyl (C=O) groups excluding carboxylic acids is 2. The number of β-lactam (4-membered cyclic amide) rings is 1. The number of nitrogens with one attached hydrogen (secondary N) is 1. The summed E-state index contributed by atoms with van der Waals surface area (Å²) in [5.41, 5.74) is 10.1. The van der Waals surface area contributed by atoms with Crippen LogP contribution in [0.25, 0.3) is 0 Å². The molecular weight excluding hydrogens is 619 g/mol. The van der Waals surface area contributed by atoms with Crippen LogP contribution in [0.2, 0.25) is 0 Å². The molecule has 2 amide bonds. The second-order valence-corrected chi connectivity index (χ2v) is 13.7. The molecule has 218 valence electrons. The highest BCUT2D eigenvalue weighted by atomic mass is 32.2. The van der Waals surface area contributed by atoms with Crippen LogP contribution in [0, 0.1) is 0 Å². The SMILES string of the molecule is CO/N=C(\C(=O)N[C@@H]1C(=O)N2C(C(=O)O)=C(CSc3nc(C[n+]4cccc5c4CCC5)cs3)CSC12)c1csc(N)n1. The normalized spacial score (nSPS) is 19.8. The third-order valence-electron chi connectivity index (χ3n) is 7.07. The lowest BCUT2D eigenvalue weighted by molar-refractivity contribution is -0.695. The van der Waals surface area contributed by atoms with E-state index < -0.39 is 29.2 Å². The van der Waals surface area contributed by atoms with Crippen molar-refractivity contribution in [2.45, 2.75) is 41.6 Å². The molecular formula is C26H26N7O5S4+. The summed E-state index contributed by atoms with van der Waals surface area (Å²) in [6.45, 7) is 0.697. The first kappa shape index (κ1) is 28.6. The second-order valence-electron chi connectivity index (χ2n) is 9.67. The Morgan fingerprint density at radius 3 is 2.93 bits per heavy atom. The molecule has 12 nitrogen and oxygen atoms in total. The zero-order valence-electron chi connectivity index (χ0n) is 22.3. The van der Waals surface area contributed by atoms with Gasteiger partial charge < -0.3 is 21.0 Å². The number of carboxylic acid groups (broad SMARTS) is 1. The fourth-order valence-electron chi connectivity index (χ4n) is 5.21. The number of pyridine rings is 1. The van der Waals surface area contributed by atoms with Crippen molar-refractivity contribution in [1.82, 2.24) is 20.2 Å². The van der Waals surface area contributed by atoms with Crippen molar-refractivity contribution < 1.29 is 28.9 Å². The molecule has 0 aromatic carbocycles. The van der Waals surface area contributed by atoms with Crippen LogP contribution in [0.3, 0.4) is 0 Å². The molecule has 0 radical (unpaired) electrons. The lowest BCUT2D eigenvalue weighted by Crippen LogP contribution is -2.71. The predicted octanol–water partition coefficient (Wildman–Crippen LogP) is 1.89. The third kappa shape index (κ3) is 5.50. The topological polar surface area (TPSA) is 164 Å². The molecule has 3 aromatic rings. The van der Waals surface area contributed by atoms with E-state index in [1.165, 1.54) is 64.5 Å². The number of nitrogens with two attached hydrogens (primary N) is 1. The van der Waals surface area contributed by atoms with Crippen LogP contribution in [-0.4, -0.2) is 73.5 Å². The van der Waals surface area contributed by atoms with Crippen molar-refractivity contribution in [2.75, 3.05) is 24.3 Å². The Bertz CT molecular complexity index is 1630. The molecule has 2 atom stereocenters. The summed E-state index contributed by atoms with van der Waals surface area (Å²) in [5, 5.41) is 19.7. The van der Waals surface area contributed by atoms with Gasteiger partial charge in [0.25, 0.3) is 11.8 Å². The number of amides is 2. The number of carbonyl (C=O) groups is 3. The Morgan fingerprint density at radius 1 is 1.31 bits per heavy atom. The van der Waals surface area contributed by atoms with Gasteiger partial charge in [-0.05, 0) is 24.5 Å². The van der Waals surface area contributed by atoms with Crippen LogP contribution >= 0.6 is 46.2 Å². The summed E-state index contributed by atoms with van der Waals surface area (Å²) < 4.78 is 3.10. The van der Waals surface area contributed by atoms with Gasteiger partial charge in [-0.25, -0.2) is 14.8 Å². The van der Waals surface area contributed by atoms with Crippen molar-refractivity contribution in [3.8, 4) is 0 Å². The highest BCUT2D eigenvalue weighted by Gasteiger charge is 2.54. The van der Waals surface area contributed by atoms with E-state index in [4.69, 9.17) is 15.6 Å². The number of hydrogen-bond donors (Lipinski definition) is 3. The Morgan fingerprint density at radius 2 is 2.17 bits per heavy atom. The molecule has 3 aromatic heterocycles. The lowest BCUT2D eigenvalue weighted by atomic mass is 10.0. The van der Waals surface area contributed by atoms with E-state index in [-0.39, 0.29) is 22.2 Å². The number of aromatic nitrogens is 3. The quantitative estimate of drug-likeness (QED) is 0.0976. The Kier molecular flexibility index (Phi) is 8.20. The van der Waals surface area contributed by atoms with Gasteiger partial charge in [0, 0.05) is 40.3 Å². The zero-order valence-corrected chi connectivity index (χ0v) is 25.6. The monoisotopic (exact) mass is 644 g/mol. The van der Waals surface area contributed by atoms with Gasteiger partial charge in [0.2, 0.25) is 0 Å². The molecule has 4 N–H and O–H groups in total. The standard InChI is InChI=1S/C26H25N7O5S4/c1-38-31-18(16-12-40-25(27)29-16)21(34)30-19-22(35)33-20(24(36)37)14(9-39-23(19)33)10-41-26-28-15(11-42-26)8-32-7-3-5-13-4-2-6-17(13)32/h3,5,7,11-12,19,23H,2,4,6,8-10H2,1H3,(H3-,27,29,30,34,36,37)/p+1/b31-18-/t19-,23?/m1/s1. The number of aryl methyl sites for hydroxylation is 1. The summed E-state index contributed by atoms with van der Waals surface area (Å²) >= 11 is 5.54. The molecule has 1 aliphatic carbocycles. The molecule has 42 heavy (non-hydrogen) atoms. The molecule has 16 heteroatoms. The molecule has 5 heterocycles. The van der Waals surface area contributed by atoms with E-state index in [9.17, 15) is 19.5 Å². The van der Waals surface area contributed by atoms with Gasteiger partial charge in [0.15, 0.2) is 33.6 Å². The number of fused-ring (bicyclic) bond motifs is 2. The second kappa shape index (κ2) is 12.0. The van der Waals surface area contributed by atoms with Crippen LogP contribution in [0.15, 0.2) is 49.9 Å². The van der Waals surface area contributed by atoms with E-state index in [0.29, 0.717) is 23.6 Å². The Labute approximate surface area is 257 Å². The number of nitrogen functional groups attached to an aromatic ring is 1. The Hall–Kier alpha value is -3.47. The summed E-state index contributed by atoms with van der Waals surface area (Å²) in [6.07, 6.45) is 5.46. The maximum absolute atomic E-state index is 13.1. The number of carboxylic acids is 1. The van der Waals surface area contributed by atoms with Crippen molar-refractivity contribution >= 4 is 74.8 Å². The number of thioether (sulfide) groups is 2. The molecule has 3 aliphatic rings. The van der Waals surface area contributed by atoms with Gasteiger partial charge in [0.1, 0.15) is 35.6 Å². The van der Waals surface area contributed by atoms with Crippen LogP contribution in [0.5, 0.6) is 0 Å². The van der Waals surface area contributed by atoms with E-state index in [1.54, 1.807) is 5.38 Å². The van der Waals surface area contributed by atoms with E-state index in [0.717, 1.165) is 34.2 Å². The summed E-state index contributed by atoms with van der Waals surface area (Å²) in [7, 11) is 1.29. The van der Waals surface area contributed by atoms with E-state index in [1.807, 2.05) is 5.38 Å². The third-order valence-corrected chi connectivity index (χ3v) is 11.2. The molecule has 1 saturated heterocycles. The Balaban J connectivity index is 1.11. The maximum atomic E-state index is 13.1. The number of rotatable bonds is 10. The molecule has 0 bridgehead atoms. The largest absolute Gasteiger partial charge is 0.477 e. The van der Waals surface area contributed by atoms with Crippen LogP contribution in [0.4, 0.5) is 5.13 Å². The highest BCUT2D eigenvalue weighted by molar-refractivity contribution is 8.01.